The summed E-state index contributed by atoms with van der Waals surface area (Å²) in [5.74, 6) is 0.701. The lowest BCUT2D eigenvalue weighted by Gasteiger charge is -2.25. The van der Waals surface area contributed by atoms with Crippen LogP contribution in [0.4, 0.5) is 0 Å². The van der Waals surface area contributed by atoms with Crippen molar-refractivity contribution in [2.24, 2.45) is 5.16 Å². The Hall–Kier alpha value is -1.27. The van der Waals surface area contributed by atoms with Gasteiger partial charge in [0.1, 0.15) is 31.6 Å². The summed E-state index contributed by atoms with van der Waals surface area (Å²) in [6.45, 7) is 3.45. The molecule has 2 aliphatic heterocycles. The van der Waals surface area contributed by atoms with Crippen LogP contribution in [0, 0.1) is 0 Å². The topological polar surface area (TPSA) is 55.5 Å². The van der Waals surface area contributed by atoms with E-state index < -0.39 is 6.10 Å². The highest BCUT2D eigenvalue weighted by molar-refractivity contribution is 6.51. The van der Waals surface area contributed by atoms with Gasteiger partial charge in [-0.15, -0.1) is 0 Å². The zero-order valence-electron chi connectivity index (χ0n) is 14.0. The normalized spacial score (nSPS) is 19.6. The first-order chi connectivity index (χ1) is 12.1. The summed E-state index contributed by atoms with van der Waals surface area (Å²) < 4.78 is 5.64. The zero-order valence-corrected chi connectivity index (χ0v) is 15.5. The molecule has 25 heavy (non-hydrogen) atoms. The van der Waals surface area contributed by atoms with E-state index in [1.54, 1.807) is 18.2 Å². The van der Waals surface area contributed by atoms with Gasteiger partial charge in [0, 0.05) is 16.2 Å². The third-order valence-corrected chi connectivity index (χ3v) is 5.16. The number of oxime groups is 1. The molecule has 0 amide bonds. The van der Waals surface area contributed by atoms with Gasteiger partial charge in [0.2, 0.25) is 0 Å². The first-order valence-electron chi connectivity index (χ1n) is 8.62. The number of quaternary nitrogens is 1. The van der Waals surface area contributed by atoms with Gasteiger partial charge in [-0.3, -0.25) is 0 Å². The van der Waals surface area contributed by atoms with Crippen LogP contribution in [-0.2, 0) is 4.84 Å². The van der Waals surface area contributed by atoms with Crippen molar-refractivity contribution in [3.8, 4) is 5.75 Å². The number of benzene rings is 1. The van der Waals surface area contributed by atoms with Crippen LogP contribution >= 0.6 is 23.2 Å². The van der Waals surface area contributed by atoms with Crippen LogP contribution in [0.2, 0.25) is 5.02 Å². The molecule has 136 valence electrons. The molecule has 2 heterocycles. The van der Waals surface area contributed by atoms with Crippen molar-refractivity contribution in [3.63, 3.8) is 0 Å². The van der Waals surface area contributed by atoms with E-state index in [4.69, 9.17) is 32.8 Å². The average Bonchev–Trinajstić information content (AvgIpc) is 2.62. The number of aliphatic hydroxyl groups excluding tert-OH is 1. The largest absolute Gasteiger partial charge is 0.488 e. The highest BCUT2D eigenvalue weighted by Gasteiger charge is 2.19. The third kappa shape index (κ3) is 5.11. The Labute approximate surface area is 157 Å². The van der Waals surface area contributed by atoms with E-state index in [0.717, 1.165) is 18.7 Å². The van der Waals surface area contributed by atoms with Gasteiger partial charge in [-0.25, -0.2) is 0 Å². The smallest absolute Gasteiger partial charge is 0.148 e. The number of nitrogens with one attached hydrogen (secondary N) is 1. The summed E-state index contributed by atoms with van der Waals surface area (Å²) in [6.07, 6.45) is 4.79. The molecule has 2 aliphatic rings. The number of piperidine rings is 1. The van der Waals surface area contributed by atoms with Crippen LogP contribution in [0.3, 0.4) is 0 Å². The van der Waals surface area contributed by atoms with Crippen LogP contribution in [0.1, 0.15) is 24.8 Å². The van der Waals surface area contributed by atoms with Crippen molar-refractivity contribution >= 4 is 34.4 Å². The predicted octanol–water partition coefficient (Wildman–Crippen LogP) is 2.11. The van der Waals surface area contributed by atoms with E-state index in [9.17, 15) is 5.11 Å². The highest BCUT2D eigenvalue weighted by Crippen LogP contribution is 2.36. The second-order valence-corrected chi connectivity index (χ2v) is 7.28. The lowest BCUT2D eigenvalue weighted by atomic mass is 10.1. The Morgan fingerprint density at radius 3 is 2.88 bits per heavy atom. The first kappa shape index (κ1) is 18.5. The minimum absolute atomic E-state index is 0.175. The van der Waals surface area contributed by atoms with Crippen LogP contribution in [0.15, 0.2) is 28.9 Å². The summed E-state index contributed by atoms with van der Waals surface area (Å²) in [5, 5.41) is 15.1. The van der Waals surface area contributed by atoms with E-state index in [2.05, 4.69) is 5.16 Å². The molecule has 3 rings (SSSR count). The Kier molecular flexibility index (Phi) is 6.59. The Bertz CT molecular complexity index is 658. The maximum atomic E-state index is 10.1. The molecule has 1 aromatic rings. The third-order valence-electron chi connectivity index (χ3n) is 4.48. The van der Waals surface area contributed by atoms with Crippen molar-refractivity contribution in [2.45, 2.75) is 25.4 Å². The number of fused-ring (bicyclic) bond motifs is 1. The highest BCUT2D eigenvalue weighted by atomic mass is 35.5. The SMILES string of the molecule is O[C@H](CO/N=C\C1=C(Cl)c2cc(Cl)ccc2OC1)C[NH+]1CCCCC1. The van der Waals surface area contributed by atoms with Gasteiger partial charge in [-0.1, -0.05) is 28.4 Å². The molecule has 0 bridgehead atoms. The molecule has 0 unspecified atom stereocenters. The second kappa shape index (κ2) is 8.90. The molecule has 1 saturated heterocycles. The molecule has 1 aromatic carbocycles. The van der Waals surface area contributed by atoms with Crippen LogP contribution < -0.4 is 9.64 Å². The fraction of sp³-hybridized carbons (Fsp3) is 0.500. The van der Waals surface area contributed by atoms with Gasteiger partial charge in [0.15, 0.2) is 0 Å². The summed E-state index contributed by atoms with van der Waals surface area (Å²) in [6, 6.07) is 5.32. The van der Waals surface area contributed by atoms with Crippen molar-refractivity contribution in [1.29, 1.82) is 0 Å². The molecule has 1 atom stereocenters. The van der Waals surface area contributed by atoms with Crippen LogP contribution in [-0.4, -0.2) is 50.3 Å². The van der Waals surface area contributed by atoms with E-state index >= 15 is 0 Å². The van der Waals surface area contributed by atoms with Gasteiger partial charge in [0.25, 0.3) is 0 Å². The molecule has 0 radical (unpaired) electrons. The molecule has 0 aliphatic carbocycles. The van der Waals surface area contributed by atoms with Gasteiger partial charge < -0.3 is 19.6 Å². The van der Waals surface area contributed by atoms with Crippen molar-refractivity contribution in [2.75, 3.05) is 32.8 Å². The monoisotopic (exact) mass is 385 g/mol. The number of likely N-dealkylation sites (tertiary alicyclic amines) is 1. The Balaban J connectivity index is 1.51. The predicted molar refractivity (Wildman–Crippen MR) is 99.6 cm³/mol. The number of halogens is 2. The minimum atomic E-state index is -0.517. The standard InChI is InChI=1S/C18H22Cl2N2O3/c19-14-4-5-17-16(8-14)18(20)13(11-24-17)9-21-25-12-15(23)10-22-6-2-1-3-7-22/h4-5,8-9,15,23H,1-3,6-7,10-12H2/p+1/b21-9-/t15-/m0/s1. The molecule has 0 saturated carbocycles. The molecule has 7 heteroatoms. The maximum absolute atomic E-state index is 10.1. The van der Waals surface area contributed by atoms with E-state index in [-0.39, 0.29) is 6.61 Å². The fourth-order valence-corrected chi connectivity index (χ4v) is 3.59. The first-order valence-corrected chi connectivity index (χ1v) is 9.37. The lowest BCUT2D eigenvalue weighted by molar-refractivity contribution is -0.908. The average molecular weight is 386 g/mol. The van der Waals surface area contributed by atoms with Crippen molar-refractivity contribution in [3.05, 3.63) is 34.4 Å². The van der Waals surface area contributed by atoms with Crippen LogP contribution in [0.5, 0.6) is 5.75 Å². The van der Waals surface area contributed by atoms with Gasteiger partial charge in [-0.2, -0.15) is 0 Å². The summed E-state index contributed by atoms with van der Waals surface area (Å²) in [7, 11) is 0. The van der Waals surface area contributed by atoms with E-state index in [0.29, 0.717) is 34.5 Å². The molecule has 0 spiro atoms. The molecule has 2 N–H and O–H groups in total. The van der Waals surface area contributed by atoms with E-state index in [1.165, 1.54) is 30.4 Å². The summed E-state index contributed by atoms with van der Waals surface area (Å²) >= 11 is 12.4. The number of hydrogen-bond donors (Lipinski definition) is 2. The molecular weight excluding hydrogens is 363 g/mol. The van der Waals surface area contributed by atoms with Gasteiger partial charge in [0.05, 0.1) is 24.3 Å². The fourth-order valence-electron chi connectivity index (χ4n) is 3.16. The summed E-state index contributed by atoms with van der Waals surface area (Å²) in [4.78, 5) is 6.67. The summed E-state index contributed by atoms with van der Waals surface area (Å²) in [5.41, 5.74) is 1.46. The number of rotatable bonds is 6. The Morgan fingerprint density at radius 1 is 1.28 bits per heavy atom. The van der Waals surface area contributed by atoms with Gasteiger partial charge in [-0.05, 0) is 37.5 Å². The second-order valence-electron chi connectivity index (χ2n) is 6.47. The maximum Gasteiger partial charge on any atom is 0.148 e. The quantitative estimate of drug-likeness (QED) is 0.582. The molecule has 0 aromatic heterocycles. The van der Waals surface area contributed by atoms with Crippen molar-refractivity contribution < 1.29 is 19.6 Å². The minimum Gasteiger partial charge on any atom is -0.488 e. The lowest BCUT2D eigenvalue weighted by Crippen LogP contribution is -3.14. The number of nitrogens with zero attached hydrogens (tertiary/aromatic N) is 1. The molecular formula is C18H23Cl2N2O3+. The van der Waals surface area contributed by atoms with Crippen LogP contribution in [0.25, 0.3) is 5.03 Å². The van der Waals surface area contributed by atoms with E-state index in [1.807, 2.05) is 0 Å². The number of ether oxygens (including phenoxy) is 1. The molecule has 1 fully saturated rings. The number of hydrogen-bond acceptors (Lipinski definition) is 4. The van der Waals surface area contributed by atoms with Gasteiger partial charge >= 0.3 is 0 Å². The Morgan fingerprint density at radius 2 is 2.08 bits per heavy atom. The molecule has 5 nitrogen and oxygen atoms in total. The van der Waals surface area contributed by atoms with Crippen molar-refractivity contribution in [1.82, 2.24) is 0 Å². The zero-order chi connectivity index (χ0) is 17.6. The number of aliphatic hydroxyl groups is 1.